The molecule has 19 heavy (non-hydrogen) atoms. The van der Waals surface area contributed by atoms with E-state index < -0.39 is 5.97 Å². The van der Waals surface area contributed by atoms with Gasteiger partial charge in [-0.05, 0) is 25.6 Å². The van der Waals surface area contributed by atoms with Crippen LogP contribution in [0.5, 0.6) is 0 Å². The van der Waals surface area contributed by atoms with Crippen LogP contribution in [0.2, 0.25) is 0 Å². The maximum atomic E-state index is 11.3. The van der Waals surface area contributed by atoms with E-state index in [-0.39, 0.29) is 5.92 Å². The number of rotatable bonds is 3. The number of hydrogen-bond acceptors (Lipinski definition) is 4. The molecule has 2 unspecified atom stereocenters. The van der Waals surface area contributed by atoms with Crippen LogP contribution in [0.3, 0.4) is 0 Å². The highest BCUT2D eigenvalue weighted by Gasteiger charge is 2.29. The smallest absolute Gasteiger partial charge is 0.309 e. The maximum Gasteiger partial charge on any atom is 0.309 e. The van der Waals surface area contributed by atoms with Gasteiger partial charge in [0.15, 0.2) is 0 Å². The van der Waals surface area contributed by atoms with Gasteiger partial charge < -0.3 is 10.0 Å². The third kappa shape index (κ3) is 3.75. The maximum absolute atomic E-state index is 11.3. The second-order valence-electron chi connectivity index (χ2n) is 5.38. The fraction of sp³-hybridized carbons (Fsp3) is 0.571. The first kappa shape index (κ1) is 14.0. The molecule has 5 nitrogen and oxygen atoms in total. The molecule has 1 fully saturated rings. The quantitative estimate of drug-likeness (QED) is 0.879. The van der Waals surface area contributed by atoms with Crippen LogP contribution in [0, 0.1) is 5.92 Å². The van der Waals surface area contributed by atoms with Gasteiger partial charge in [0.05, 0.1) is 5.92 Å². The van der Waals surface area contributed by atoms with E-state index in [1.54, 1.807) is 6.20 Å². The lowest BCUT2D eigenvalue weighted by Crippen LogP contribution is -2.36. The molecule has 1 saturated heterocycles. The van der Waals surface area contributed by atoms with E-state index in [9.17, 15) is 9.90 Å². The molecule has 0 spiro atoms. The highest BCUT2D eigenvalue weighted by Crippen LogP contribution is 2.15. The van der Waals surface area contributed by atoms with Crippen molar-refractivity contribution in [3.8, 4) is 0 Å². The van der Waals surface area contributed by atoms with Crippen LogP contribution in [0.4, 0.5) is 0 Å². The molecule has 1 aliphatic heterocycles. The van der Waals surface area contributed by atoms with Crippen molar-refractivity contribution in [2.45, 2.75) is 19.5 Å². The van der Waals surface area contributed by atoms with Gasteiger partial charge in [-0.15, -0.1) is 0 Å². The number of aromatic nitrogens is 1. The number of nitrogens with zero attached hydrogens (tertiary/aromatic N) is 3. The summed E-state index contributed by atoms with van der Waals surface area (Å²) in [6.07, 6.45) is 3.59. The van der Waals surface area contributed by atoms with Crippen molar-refractivity contribution < 1.29 is 9.90 Å². The Hall–Kier alpha value is -1.46. The van der Waals surface area contributed by atoms with Gasteiger partial charge in [0, 0.05) is 44.6 Å². The molecule has 2 atom stereocenters. The standard InChI is InChI=1S/C14H21N3O2/c1-11-7-17(8-12-4-3-5-15-6-12)10-13(14(18)19)9-16(11)2/h3-6,11,13H,7-10H2,1-2H3,(H,18,19). The summed E-state index contributed by atoms with van der Waals surface area (Å²) in [5.41, 5.74) is 1.13. The van der Waals surface area contributed by atoms with Gasteiger partial charge >= 0.3 is 5.97 Å². The Kier molecular flexibility index (Phi) is 4.50. The van der Waals surface area contributed by atoms with Crippen LogP contribution in [-0.2, 0) is 11.3 Å². The summed E-state index contributed by atoms with van der Waals surface area (Å²) in [6.45, 7) is 4.99. The molecule has 0 amide bonds. The van der Waals surface area contributed by atoms with Crippen LogP contribution in [0.25, 0.3) is 0 Å². The normalized spacial score (nSPS) is 26.0. The van der Waals surface area contributed by atoms with Gasteiger partial charge in [0.25, 0.3) is 0 Å². The first-order valence-electron chi connectivity index (χ1n) is 6.60. The number of aliphatic carboxylic acids is 1. The topological polar surface area (TPSA) is 56.7 Å². The molecule has 2 heterocycles. The van der Waals surface area contributed by atoms with E-state index in [0.29, 0.717) is 19.1 Å². The predicted molar refractivity (Wildman–Crippen MR) is 72.7 cm³/mol. The first-order chi connectivity index (χ1) is 9.06. The number of carbonyl (C=O) groups is 1. The summed E-state index contributed by atoms with van der Waals surface area (Å²) in [5, 5.41) is 9.29. The first-order valence-corrected chi connectivity index (χ1v) is 6.60. The summed E-state index contributed by atoms with van der Waals surface area (Å²) in [4.78, 5) is 19.7. The Balaban J connectivity index is 2.08. The molecule has 2 rings (SSSR count). The van der Waals surface area contributed by atoms with Crippen molar-refractivity contribution in [2.24, 2.45) is 5.92 Å². The van der Waals surface area contributed by atoms with E-state index >= 15 is 0 Å². The zero-order valence-electron chi connectivity index (χ0n) is 11.5. The van der Waals surface area contributed by atoms with Crippen LogP contribution in [0.15, 0.2) is 24.5 Å². The van der Waals surface area contributed by atoms with Gasteiger partial charge in [-0.3, -0.25) is 14.7 Å². The highest BCUT2D eigenvalue weighted by molar-refractivity contribution is 5.70. The Labute approximate surface area is 113 Å². The number of carboxylic acids is 1. The highest BCUT2D eigenvalue weighted by atomic mass is 16.4. The van der Waals surface area contributed by atoms with Crippen LogP contribution >= 0.6 is 0 Å². The predicted octanol–water partition coefficient (Wildman–Crippen LogP) is 0.918. The van der Waals surface area contributed by atoms with Gasteiger partial charge in [-0.1, -0.05) is 6.07 Å². The molecule has 5 heteroatoms. The monoisotopic (exact) mass is 263 g/mol. The average molecular weight is 263 g/mol. The van der Waals surface area contributed by atoms with E-state index in [1.165, 1.54) is 0 Å². The Morgan fingerprint density at radius 3 is 2.89 bits per heavy atom. The molecule has 104 valence electrons. The van der Waals surface area contributed by atoms with E-state index in [2.05, 4.69) is 21.7 Å². The van der Waals surface area contributed by atoms with Gasteiger partial charge in [-0.25, -0.2) is 0 Å². The second-order valence-corrected chi connectivity index (χ2v) is 5.38. The summed E-state index contributed by atoms with van der Waals surface area (Å²) >= 11 is 0. The van der Waals surface area contributed by atoms with Crippen molar-refractivity contribution in [1.29, 1.82) is 0 Å². The summed E-state index contributed by atoms with van der Waals surface area (Å²) in [7, 11) is 1.99. The minimum atomic E-state index is -0.711. The van der Waals surface area contributed by atoms with Crippen LogP contribution < -0.4 is 0 Å². The fourth-order valence-corrected chi connectivity index (χ4v) is 2.52. The molecule has 1 aromatic rings. The number of carboxylic acid groups (broad SMARTS) is 1. The largest absolute Gasteiger partial charge is 0.481 e. The third-order valence-electron chi connectivity index (χ3n) is 3.74. The summed E-state index contributed by atoms with van der Waals surface area (Å²) in [6, 6.07) is 4.31. The molecule has 0 radical (unpaired) electrons. The van der Waals surface area contributed by atoms with Crippen molar-refractivity contribution in [1.82, 2.24) is 14.8 Å². The molecule has 0 saturated carbocycles. The second kappa shape index (κ2) is 6.12. The van der Waals surface area contributed by atoms with Crippen molar-refractivity contribution in [3.63, 3.8) is 0 Å². The minimum Gasteiger partial charge on any atom is -0.481 e. The van der Waals surface area contributed by atoms with Crippen molar-refractivity contribution in [2.75, 3.05) is 26.7 Å². The van der Waals surface area contributed by atoms with Gasteiger partial charge in [0.1, 0.15) is 0 Å². The van der Waals surface area contributed by atoms with E-state index in [0.717, 1.165) is 18.7 Å². The molecule has 1 aromatic heterocycles. The van der Waals surface area contributed by atoms with Crippen molar-refractivity contribution in [3.05, 3.63) is 30.1 Å². The number of pyridine rings is 1. The lowest BCUT2D eigenvalue weighted by molar-refractivity contribution is -0.142. The molecular weight excluding hydrogens is 242 g/mol. The third-order valence-corrected chi connectivity index (χ3v) is 3.74. The van der Waals surface area contributed by atoms with Crippen LogP contribution in [0.1, 0.15) is 12.5 Å². The Morgan fingerprint density at radius 2 is 2.26 bits per heavy atom. The zero-order chi connectivity index (χ0) is 13.8. The minimum absolute atomic E-state index is 0.327. The summed E-state index contributed by atoms with van der Waals surface area (Å²) in [5.74, 6) is -1.04. The lowest BCUT2D eigenvalue weighted by atomic mass is 10.1. The summed E-state index contributed by atoms with van der Waals surface area (Å²) < 4.78 is 0. The fourth-order valence-electron chi connectivity index (χ4n) is 2.52. The van der Waals surface area contributed by atoms with Crippen LogP contribution in [-0.4, -0.2) is 58.6 Å². The molecule has 1 aliphatic rings. The Morgan fingerprint density at radius 1 is 1.47 bits per heavy atom. The van der Waals surface area contributed by atoms with Gasteiger partial charge in [0.2, 0.25) is 0 Å². The lowest BCUT2D eigenvalue weighted by Gasteiger charge is -2.25. The SMILES string of the molecule is CC1CN(Cc2cccnc2)CC(C(=O)O)CN1C. The molecule has 0 aliphatic carbocycles. The molecule has 0 bridgehead atoms. The molecular formula is C14H21N3O2. The molecule has 1 N–H and O–H groups in total. The molecule has 0 aromatic carbocycles. The average Bonchev–Trinajstić information content (AvgIpc) is 2.51. The zero-order valence-corrected chi connectivity index (χ0v) is 11.5. The van der Waals surface area contributed by atoms with Crippen molar-refractivity contribution >= 4 is 5.97 Å². The van der Waals surface area contributed by atoms with E-state index in [4.69, 9.17) is 0 Å². The Bertz CT molecular complexity index is 424. The van der Waals surface area contributed by atoms with Gasteiger partial charge in [-0.2, -0.15) is 0 Å². The van der Waals surface area contributed by atoms with E-state index in [1.807, 2.05) is 25.4 Å². The number of hydrogen-bond donors (Lipinski definition) is 1. The number of likely N-dealkylation sites (N-methyl/N-ethyl adjacent to an activating group) is 1.